The smallest absolute Gasteiger partial charge is 0.119 e. The number of hydrogen-bond acceptors (Lipinski definition) is 2. The van der Waals surface area contributed by atoms with Crippen LogP contribution in [-0.4, -0.2) is 17.0 Å². The summed E-state index contributed by atoms with van der Waals surface area (Å²) in [6.07, 6.45) is -0.437. The van der Waals surface area contributed by atoms with Crippen LogP contribution in [0.25, 0.3) is 0 Å². The minimum atomic E-state index is -0.437. The summed E-state index contributed by atoms with van der Waals surface area (Å²) in [5.74, 6) is 0.804. The summed E-state index contributed by atoms with van der Waals surface area (Å²) in [6, 6.07) is 7.50. The van der Waals surface area contributed by atoms with Crippen LogP contribution in [0.15, 0.2) is 24.3 Å². The van der Waals surface area contributed by atoms with E-state index in [4.69, 9.17) is 4.74 Å². The molecule has 0 aliphatic carbocycles. The van der Waals surface area contributed by atoms with Crippen molar-refractivity contribution in [1.29, 1.82) is 0 Å². The predicted molar refractivity (Wildman–Crippen MR) is 56.4 cm³/mol. The van der Waals surface area contributed by atoms with Gasteiger partial charge in [0.2, 0.25) is 0 Å². The first-order valence-electron chi connectivity index (χ1n) is 4.21. The second-order valence-corrected chi connectivity index (χ2v) is 3.58. The van der Waals surface area contributed by atoms with Gasteiger partial charge in [-0.25, -0.2) is 0 Å². The first kappa shape index (κ1) is 10.5. The average Bonchev–Trinajstić information content (AvgIpc) is 2.15. The molecule has 1 rings (SSSR count). The van der Waals surface area contributed by atoms with Crippen molar-refractivity contribution in [2.75, 3.05) is 11.9 Å². The number of aliphatic hydroxyl groups is 1. The Morgan fingerprint density at radius 2 is 2.31 bits per heavy atom. The van der Waals surface area contributed by atoms with Crippen molar-refractivity contribution in [2.45, 2.75) is 13.0 Å². The van der Waals surface area contributed by atoms with Crippen LogP contribution in [0.2, 0.25) is 0 Å². The number of aliphatic hydroxyl groups excluding tert-OH is 1. The molecule has 1 aromatic rings. The van der Waals surface area contributed by atoms with Crippen LogP contribution in [0, 0.1) is 0 Å². The van der Waals surface area contributed by atoms with Crippen LogP contribution in [-0.2, 0) is 0 Å². The van der Waals surface area contributed by atoms with Crippen molar-refractivity contribution in [3.05, 3.63) is 29.8 Å². The molecule has 0 spiro atoms. The van der Waals surface area contributed by atoms with Gasteiger partial charge in [0, 0.05) is 5.33 Å². The highest BCUT2D eigenvalue weighted by atomic mass is 79.9. The summed E-state index contributed by atoms with van der Waals surface area (Å²) in [5, 5.41) is 10.1. The van der Waals surface area contributed by atoms with E-state index in [0.29, 0.717) is 6.61 Å². The van der Waals surface area contributed by atoms with Crippen LogP contribution in [0.1, 0.15) is 18.6 Å². The Morgan fingerprint density at radius 1 is 1.54 bits per heavy atom. The molecule has 1 aromatic carbocycles. The van der Waals surface area contributed by atoms with Gasteiger partial charge in [0.15, 0.2) is 0 Å². The van der Waals surface area contributed by atoms with E-state index in [-0.39, 0.29) is 0 Å². The van der Waals surface area contributed by atoms with Crippen molar-refractivity contribution < 1.29 is 9.84 Å². The second-order valence-electron chi connectivity index (χ2n) is 2.79. The number of rotatable bonds is 4. The Hall–Kier alpha value is -0.540. The Bertz CT molecular complexity index is 261. The SMILES string of the molecule is CC(O)c1cccc(OCCBr)c1. The number of hydrogen-bond donors (Lipinski definition) is 1. The molecule has 1 atom stereocenters. The summed E-state index contributed by atoms with van der Waals surface area (Å²) >= 11 is 3.28. The van der Waals surface area contributed by atoms with Gasteiger partial charge in [0.25, 0.3) is 0 Å². The van der Waals surface area contributed by atoms with E-state index in [9.17, 15) is 5.11 Å². The van der Waals surface area contributed by atoms with Crippen LogP contribution in [0.5, 0.6) is 5.75 Å². The zero-order valence-electron chi connectivity index (χ0n) is 7.53. The first-order valence-corrected chi connectivity index (χ1v) is 5.33. The van der Waals surface area contributed by atoms with Crippen molar-refractivity contribution >= 4 is 15.9 Å². The zero-order valence-corrected chi connectivity index (χ0v) is 9.12. The fourth-order valence-electron chi connectivity index (χ4n) is 1.02. The van der Waals surface area contributed by atoms with Crippen LogP contribution < -0.4 is 4.74 Å². The third-order valence-corrected chi connectivity index (χ3v) is 2.01. The highest BCUT2D eigenvalue weighted by Crippen LogP contribution is 2.18. The Balaban J connectivity index is 2.68. The van der Waals surface area contributed by atoms with Gasteiger partial charge in [-0.15, -0.1) is 0 Å². The maximum absolute atomic E-state index is 9.31. The number of halogens is 1. The first-order chi connectivity index (χ1) is 6.24. The summed E-state index contributed by atoms with van der Waals surface area (Å²) in [7, 11) is 0. The van der Waals surface area contributed by atoms with Gasteiger partial charge in [0.1, 0.15) is 5.75 Å². The van der Waals surface area contributed by atoms with Gasteiger partial charge < -0.3 is 9.84 Å². The number of ether oxygens (including phenoxy) is 1. The molecular weight excluding hydrogens is 232 g/mol. The van der Waals surface area contributed by atoms with Crippen molar-refractivity contribution in [3.63, 3.8) is 0 Å². The number of benzene rings is 1. The van der Waals surface area contributed by atoms with E-state index in [1.54, 1.807) is 6.92 Å². The van der Waals surface area contributed by atoms with Gasteiger partial charge in [0.05, 0.1) is 12.7 Å². The Kier molecular flexibility index (Phi) is 4.25. The Labute approximate surface area is 86.7 Å². The number of alkyl halides is 1. The average molecular weight is 245 g/mol. The maximum atomic E-state index is 9.31. The normalized spacial score (nSPS) is 12.5. The van der Waals surface area contributed by atoms with Gasteiger partial charge in [-0.05, 0) is 24.6 Å². The lowest BCUT2D eigenvalue weighted by molar-refractivity contribution is 0.198. The standard InChI is InChI=1S/C10H13BrO2/c1-8(12)9-3-2-4-10(7-9)13-6-5-11/h2-4,7-8,12H,5-6H2,1H3. The van der Waals surface area contributed by atoms with Crippen LogP contribution in [0.3, 0.4) is 0 Å². The zero-order chi connectivity index (χ0) is 9.68. The molecule has 0 aromatic heterocycles. The third-order valence-electron chi connectivity index (χ3n) is 1.69. The Morgan fingerprint density at radius 3 is 2.92 bits per heavy atom. The third kappa shape index (κ3) is 3.36. The molecule has 0 aliphatic rings. The van der Waals surface area contributed by atoms with E-state index in [0.717, 1.165) is 16.6 Å². The van der Waals surface area contributed by atoms with Crippen LogP contribution in [0.4, 0.5) is 0 Å². The topological polar surface area (TPSA) is 29.5 Å². The summed E-state index contributed by atoms with van der Waals surface area (Å²) in [4.78, 5) is 0. The minimum Gasteiger partial charge on any atom is -0.493 e. The molecule has 0 fully saturated rings. The monoisotopic (exact) mass is 244 g/mol. The molecule has 3 heteroatoms. The summed E-state index contributed by atoms with van der Waals surface area (Å²) in [6.45, 7) is 2.38. The second kappa shape index (κ2) is 5.25. The lowest BCUT2D eigenvalue weighted by Gasteiger charge is -2.08. The molecule has 0 radical (unpaired) electrons. The van der Waals surface area contributed by atoms with E-state index >= 15 is 0 Å². The molecule has 0 amide bonds. The molecule has 2 nitrogen and oxygen atoms in total. The van der Waals surface area contributed by atoms with E-state index in [1.807, 2.05) is 24.3 Å². The van der Waals surface area contributed by atoms with Gasteiger partial charge in [-0.2, -0.15) is 0 Å². The van der Waals surface area contributed by atoms with Crippen molar-refractivity contribution in [2.24, 2.45) is 0 Å². The minimum absolute atomic E-state index is 0.437. The molecule has 72 valence electrons. The van der Waals surface area contributed by atoms with E-state index in [1.165, 1.54) is 0 Å². The van der Waals surface area contributed by atoms with Crippen molar-refractivity contribution in [1.82, 2.24) is 0 Å². The van der Waals surface area contributed by atoms with Gasteiger partial charge >= 0.3 is 0 Å². The largest absolute Gasteiger partial charge is 0.493 e. The van der Waals surface area contributed by atoms with Crippen molar-refractivity contribution in [3.8, 4) is 5.75 Å². The lowest BCUT2D eigenvalue weighted by atomic mass is 10.1. The summed E-state index contributed by atoms with van der Waals surface area (Å²) < 4.78 is 5.39. The van der Waals surface area contributed by atoms with Crippen LogP contribution >= 0.6 is 15.9 Å². The fraction of sp³-hybridized carbons (Fsp3) is 0.400. The lowest BCUT2D eigenvalue weighted by Crippen LogP contribution is -1.99. The molecule has 0 saturated heterocycles. The summed E-state index contributed by atoms with van der Waals surface area (Å²) in [5.41, 5.74) is 0.882. The molecule has 13 heavy (non-hydrogen) atoms. The van der Waals surface area contributed by atoms with E-state index in [2.05, 4.69) is 15.9 Å². The quantitative estimate of drug-likeness (QED) is 0.826. The molecule has 0 heterocycles. The molecule has 0 aliphatic heterocycles. The molecule has 1 unspecified atom stereocenters. The highest BCUT2D eigenvalue weighted by molar-refractivity contribution is 9.09. The predicted octanol–water partition coefficient (Wildman–Crippen LogP) is 2.51. The van der Waals surface area contributed by atoms with Gasteiger partial charge in [-0.3, -0.25) is 0 Å². The molecule has 0 bridgehead atoms. The fourth-order valence-corrected chi connectivity index (χ4v) is 1.18. The molecule has 0 saturated carbocycles. The van der Waals surface area contributed by atoms with Gasteiger partial charge in [-0.1, -0.05) is 28.1 Å². The molecular formula is C10H13BrO2. The van der Waals surface area contributed by atoms with E-state index < -0.39 is 6.10 Å². The maximum Gasteiger partial charge on any atom is 0.119 e. The highest BCUT2D eigenvalue weighted by Gasteiger charge is 2.01. The molecule has 1 N–H and O–H groups in total.